The van der Waals surface area contributed by atoms with E-state index in [0.717, 1.165) is 12.8 Å². The lowest BCUT2D eigenvalue weighted by Crippen LogP contribution is -2.29. The molecule has 0 aromatic carbocycles. The molecule has 0 radical (unpaired) electrons. The molecular formula is C14H28O2. The van der Waals surface area contributed by atoms with Gasteiger partial charge in [-0.05, 0) is 25.7 Å². The third-order valence-corrected chi connectivity index (χ3v) is 2.74. The Kier molecular flexibility index (Phi) is 7.69. The van der Waals surface area contributed by atoms with Crippen LogP contribution in [0.15, 0.2) is 12.7 Å². The summed E-state index contributed by atoms with van der Waals surface area (Å²) in [6, 6.07) is 0. The van der Waals surface area contributed by atoms with Crippen LogP contribution in [0.2, 0.25) is 0 Å². The van der Waals surface area contributed by atoms with E-state index in [1.54, 1.807) is 6.08 Å². The first kappa shape index (κ1) is 15.7. The molecule has 0 N–H and O–H groups in total. The van der Waals surface area contributed by atoms with E-state index >= 15 is 0 Å². The number of hydrogen-bond acceptors (Lipinski definition) is 2. The minimum absolute atomic E-state index is 0.190. The SMILES string of the molecule is C=CCOCC(CC(C)(C)CC)OC(C)C. The van der Waals surface area contributed by atoms with Gasteiger partial charge in [-0.25, -0.2) is 0 Å². The van der Waals surface area contributed by atoms with Gasteiger partial charge in [-0.2, -0.15) is 0 Å². The van der Waals surface area contributed by atoms with Gasteiger partial charge in [0, 0.05) is 0 Å². The monoisotopic (exact) mass is 228 g/mol. The maximum atomic E-state index is 5.88. The van der Waals surface area contributed by atoms with Crippen LogP contribution in [0, 0.1) is 5.41 Å². The van der Waals surface area contributed by atoms with E-state index in [1.165, 1.54) is 0 Å². The molecule has 0 saturated heterocycles. The molecule has 0 aliphatic heterocycles. The van der Waals surface area contributed by atoms with Crippen LogP contribution in [0.25, 0.3) is 0 Å². The highest BCUT2D eigenvalue weighted by Crippen LogP contribution is 2.27. The molecule has 1 unspecified atom stereocenters. The maximum absolute atomic E-state index is 5.88. The number of rotatable bonds is 9. The molecule has 96 valence electrons. The summed E-state index contributed by atoms with van der Waals surface area (Å²) < 4.78 is 11.4. The molecule has 0 aliphatic carbocycles. The average molecular weight is 228 g/mol. The van der Waals surface area contributed by atoms with E-state index in [0.29, 0.717) is 18.6 Å². The molecule has 16 heavy (non-hydrogen) atoms. The lowest BCUT2D eigenvalue weighted by atomic mass is 9.84. The van der Waals surface area contributed by atoms with Gasteiger partial charge in [-0.1, -0.05) is 33.3 Å². The number of ether oxygens (including phenoxy) is 2. The van der Waals surface area contributed by atoms with Crippen LogP contribution in [0.1, 0.15) is 47.5 Å². The highest BCUT2D eigenvalue weighted by atomic mass is 16.5. The van der Waals surface area contributed by atoms with Crippen molar-refractivity contribution in [3.8, 4) is 0 Å². The first-order valence-electron chi connectivity index (χ1n) is 6.25. The molecule has 0 aromatic heterocycles. The molecule has 2 nitrogen and oxygen atoms in total. The summed E-state index contributed by atoms with van der Waals surface area (Å²) >= 11 is 0. The van der Waals surface area contributed by atoms with Crippen molar-refractivity contribution < 1.29 is 9.47 Å². The van der Waals surface area contributed by atoms with Crippen LogP contribution in [0.3, 0.4) is 0 Å². The zero-order valence-electron chi connectivity index (χ0n) is 11.6. The fourth-order valence-corrected chi connectivity index (χ4v) is 1.57. The van der Waals surface area contributed by atoms with Gasteiger partial charge < -0.3 is 9.47 Å². The Hall–Kier alpha value is -0.340. The molecule has 0 bridgehead atoms. The second kappa shape index (κ2) is 7.86. The summed E-state index contributed by atoms with van der Waals surface area (Å²) in [4.78, 5) is 0. The van der Waals surface area contributed by atoms with Crippen molar-refractivity contribution in [1.82, 2.24) is 0 Å². The van der Waals surface area contributed by atoms with Crippen LogP contribution in [0.4, 0.5) is 0 Å². The largest absolute Gasteiger partial charge is 0.375 e. The van der Waals surface area contributed by atoms with Gasteiger partial charge in [0.2, 0.25) is 0 Å². The standard InChI is InChI=1S/C14H28O2/c1-7-9-15-11-13(16-12(3)4)10-14(5,6)8-2/h7,12-13H,1,8-11H2,2-6H3. The Morgan fingerprint density at radius 3 is 2.38 bits per heavy atom. The van der Waals surface area contributed by atoms with E-state index in [1.807, 2.05) is 0 Å². The van der Waals surface area contributed by atoms with Gasteiger partial charge in [0.15, 0.2) is 0 Å². The fourth-order valence-electron chi connectivity index (χ4n) is 1.57. The first-order chi connectivity index (χ1) is 7.41. The second-order valence-electron chi connectivity index (χ2n) is 5.35. The van der Waals surface area contributed by atoms with E-state index in [4.69, 9.17) is 9.47 Å². The van der Waals surface area contributed by atoms with E-state index in [9.17, 15) is 0 Å². The zero-order chi connectivity index (χ0) is 12.6. The van der Waals surface area contributed by atoms with Crippen molar-refractivity contribution in [2.45, 2.75) is 59.7 Å². The summed E-state index contributed by atoms with van der Waals surface area (Å²) in [5.41, 5.74) is 0.317. The molecule has 0 spiro atoms. The van der Waals surface area contributed by atoms with Gasteiger partial charge in [0.1, 0.15) is 0 Å². The maximum Gasteiger partial charge on any atom is 0.0817 e. The summed E-state index contributed by atoms with van der Waals surface area (Å²) in [6.07, 6.45) is 4.42. The Morgan fingerprint density at radius 2 is 1.94 bits per heavy atom. The van der Waals surface area contributed by atoms with Gasteiger partial charge in [-0.15, -0.1) is 6.58 Å². The minimum atomic E-state index is 0.190. The molecule has 0 aromatic rings. The predicted octanol–water partition coefficient (Wildman–Crippen LogP) is 3.81. The molecule has 2 heteroatoms. The summed E-state index contributed by atoms with van der Waals surface area (Å²) in [6.45, 7) is 15.8. The van der Waals surface area contributed by atoms with E-state index in [-0.39, 0.29) is 12.2 Å². The van der Waals surface area contributed by atoms with Gasteiger partial charge in [-0.3, -0.25) is 0 Å². The van der Waals surface area contributed by atoms with Crippen molar-refractivity contribution in [2.75, 3.05) is 13.2 Å². The predicted molar refractivity (Wildman–Crippen MR) is 69.7 cm³/mol. The first-order valence-corrected chi connectivity index (χ1v) is 6.25. The fraction of sp³-hybridized carbons (Fsp3) is 0.857. The Morgan fingerprint density at radius 1 is 1.31 bits per heavy atom. The van der Waals surface area contributed by atoms with Crippen molar-refractivity contribution in [3.05, 3.63) is 12.7 Å². The van der Waals surface area contributed by atoms with Crippen molar-refractivity contribution in [3.63, 3.8) is 0 Å². The molecule has 1 atom stereocenters. The van der Waals surface area contributed by atoms with Crippen molar-refractivity contribution in [2.24, 2.45) is 5.41 Å². The van der Waals surface area contributed by atoms with Crippen molar-refractivity contribution in [1.29, 1.82) is 0 Å². The average Bonchev–Trinajstić information content (AvgIpc) is 2.16. The lowest BCUT2D eigenvalue weighted by molar-refractivity contribution is -0.0584. The van der Waals surface area contributed by atoms with Gasteiger partial charge in [0.05, 0.1) is 25.4 Å². The third-order valence-electron chi connectivity index (χ3n) is 2.74. The highest BCUT2D eigenvalue weighted by Gasteiger charge is 2.23. The van der Waals surface area contributed by atoms with Gasteiger partial charge >= 0.3 is 0 Å². The van der Waals surface area contributed by atoms with E-state index in [2.05, 4.69) is 41.2 Å². The quantitative estimate of drug-likeness (QED) is 0.441. The molecule has 0 saturated carbocycles. The second-order valence-corrected chi connectivity index (χ2v) is 5.35. The Labute approximate surface area is 101 Å². The Bertz CT molecular complexity index is 185. The normalized spacial score (nSPS) is 14.1. The third kappa shape index (κ3) is 7.89. The highest BCUT2D eigenvalue weighted by molar-refractivity contribution is 4.74. The number of hydrogen-bond donors (Lipinski definition) is 0. The van der Waals surface area contributed by atoms with Crippen LogP contribution >= 0.6 is 0 Å². The minimum Gasteiger partial charge on any atom is -0.375 e. The molecule has 0 aliphatic rings. The summed E-state index contributed by atoms with van der Waals surface area (Å²) in [5.74, 6) is 0. The summed E-state index contributed by atoms with van der Waals surface area (Å²) in [5, 5.41) is 0. The Balaban J connectivity index is 4.14. The van der Waals surface area contributed by atoms with Crippen LogP contribution in [0.5, 0.6) is 0 Å². The van der Waals surface area contributed by atoms with Crippen LogP contribution in [-0.4, -0.2) is 25.4 Å². The van der Waals surface area contributed by atoms with Crippen LogP contribution < -0.4 is 0 Å². The van der Waals surface area contributed by atoms with Crippen LogP contribution in [-0.2, 0) is 9.47 Å². The zero-order valence-corrected chi connectivity index (χ0v) is 11.6. The summed E-state index contributed by atoms with van der Waals surface area (Å²) in [7, 11) is 0. The molecule has 0 amide bonds. The molecular weight excluding hydrogens is 200 g/mol. The smallest absolute Gasteiger partial charge is 0.0817 e. The molecule has 0 fully saturated rings. The van der Waals surface area contributed by atoms with Gasteiger partial charge in [0.25, 0.3) is 0 Å². The lowest BCUT2D eigenvalue weighted by Gasteiger charge is -2.29. The van der Waals surface area contributed by atoms with E-state index < -0.39 is 0 Å². The topological polar surface area (TPSA) is 18.5 Å². The molecule has 0 heterocycles. The molecule has 0 rings (SSSR count). The van der Waals surface area contributed by atoms with Crippen molar-refractivity contribution >= 4 is 0 Å².